The second-order valence-corrected chi connectivity index (χ2v) is 5.44. The van der Waals surface area contributed by atoms with Crippen LogP contribution in [-0.2, 0) is 0 Å². The maximum atomic E-state index is 8.84. The molecule has 0 unspecified atom stereocenters. The Morgan fingerprint density at radius 3 is 2.44 bits per heavy atom. The smallest absolute Gasteiger partial charge is 0.0992 e. The maximum absolute atomic E-state index is 8.84. The van der Waals surface area contributed by atoms with Crippen LogP contribution < -0.4 is 4.90 Å². The highest BCUT2D eigenvalue weighted by Gasteiger charge is 2.31. The Labute approximate surface area is 113 Å². The van der Waals surface area contributed by atoms with E-state index in [1.54, 1.807) is 6.07 Å². The predicted molar refractivity (Wildman–Crippen MR) is 73.0 cm³/mol. The van der Waals surface area contributed by atoms with E-state index in [2.05, 4.69) is 15.9 Å². The van der Waals surface area contributed by atoms with Crippen LogP contribution >= 0.6 is 11.6 Å². The van der Waals surface area contributed by atoms with E-state index in [0.29, 0.717) is 10.6 Å². The Balaban J connectivity index is 1.70. The summed E-state index contributed by atoms with van der Waals surface area (Å²) in [6.07, 6.45) is 2.75. The average molecular weight is 262 g/mol. The molecule has 0 spiro atoms. The van der Waals surface area contributed by atoms with Gasteiger partial charge in [0.25, 0.3) is 0 Å². The highest BCUT2D eigenvalue weighted by Crippen LogP contribution is 2.31. The minimum atomic E-state index is 0.625. The van der Waals surface area contributed by atoms with Crippen molar-refractivity contribution in [2.45, 2.75) is 18.9 Å². The van der Waals surface area contributed by atoms with Gasteiger partial charge in [-0.15, -0.1) is 0 Å². The topological polar surface area (TPSA) is 30.3 Å². The first-order valence-corrected chi connectivity index (χ1v) is 6.84. The van der Waals surface area contributed by atoms with Gasteiger partial charge in [-0.25, -0.2) is 0 Å². The molecule has 0 N–H and O–H groups in total. The van der Waals surface area contributed by atoms with E-state index in [1.807, 2.05) is 12.1 Å². The Morgan fingerprint density at radius 1 is 1.17 bits per heavy atom. The molecule has 1 aromatic carbocycles. The molecule has 2 fully saturated rings. The van der Waals surface area contributed by atoms with E-state index in [0.717, 1.165) is 37.9 Å². The van der Waals surface area contributed by atoms with Gasteiger partial charge in [0.1, 0.15) is 0 Å². The van der Waals surface area contributed by atoms with E-state index < -0.39 is 0 Å². The van der Waals surface area contributed by atoms with Crippen molar-refractivity contribution in [2.24, 2.45) is 0 Å². The van der Waals surface area contributed by atoms with E-state index >= 15 is 0 Å². The molecular weight excluding hydrogens is 246 g/mol. The first-order valence-electron chi connectivity index (χ1n) is 6.46. The zero-order valence-electron chi connectivity index (χ0n) is 10.3. The van der Waals surface area contributed by atoms with Crippen LogP contribution in [0.15, 0.2) is 18.2 Å². The molecule has 0 atom stereocenters. The summed E-state index contributed by atoms with van der Waals surface area (Å²) in [5, 5.41) is 9.53. The minimum Gasteiger partial charge on any atom is -0.368 e. The lowest BCUT2D eigenvalue weighted by Crippen LogP contribution is -2.47. The molecule has 0 amide bonds. The van der Waals surface area contributed by atoms with Crippen molar-refractivity contribution in [1.29, 1.82) is 5.26 Å². The summed E-state index contributed by atoms with van der Waals surface area (Å²) in [6.45, 7) is 4.31. The number of benzene rings is 1. The normalized spacial score (nSPS) is 20.8. The summed E-state index contributed by atoms with van der Waals surface area (Å²) in [5.41, 5.74) is 1.69. The Morgan fingerprint density at radius 2 is 1.89 bits per heavy atom. The molecule has 4 heteroatoms. The first-order chi connectivity index (χ1) is 8.78. The second kappa shape index (κ2) is 4.79. The number of halogens is 1. The van der Waals surface area contributed by atoms with Crippen molar-refractivity contribution in [1.82, 2.24) is 4.90 Å². The Bertz CT molecular complexity index is 482. The van der Waals surface area contributed by atoms with Gasteiger partial charge in [0.05, 0.1) is 22.3 Å². The molecule has 1 heterocycles. The molecule has 18 heavy (non-hydrogen) atoms. The van der Waals surface area contributed by atoms with Crippen molar-refractivity contribution in [3.05, 3.63) is 28.8 Å². The molecule has 0 radical (unpaired) electrons. The van der Waals surface area contributed by atoms with Crippen LogP contribution in [0.5, 0.6) is 0 Å². The molecule has 1 saturated heterocycles. The molecule has 1 saturated carbocycles. The van der Waals surface area contributed by atoms with Crippen LogP contribution in [0.4, 0.5) is 5.69 Å². The fourth-order valence-corrected chi connectivity index (χ4v) is 2.90. The monoisotopic (exact) mass is 261 g/mol. The number of hydrogen-bond donors (Lipinski definition) is 0. The molecule has 1 aliphatic carbocycles. The number of hydrogen-bond acceptors (Lipinski definition) is 3. The lowest BCUT2D eigenvalue weighted by Gasteiger charge is -2.36. The van der Waals surface area contributed by atoms with Gasteiger partial charge >= 0.3 is 0 Å². The SMILES string of the molecule is N#Cc1ccc(N2CCN(C3CC3)CC2)c(Cl)c1. The standard InChI is InChI=1S/C14H16ClN3/c15-13-9-11(10-16)1-4-14(13)18-7-5-17(6-8-18)12-2-3-12/h1,4,9,12H,2-3,5-8H2. The Kier molecular flexibility index (Phi) is 3.15. The van der Waals surface area contributed by atoms with Gasteiger partial charge in [-0.1, -0.05) is 11.6 Å². The molecule has 2 aliphatic rings. The van der Waals surface area contributed by atoms with E-state index in [1.165, 1.54) is 12.8 Å². The molecule has 0 bridgehead atoms. The quantitative estimate of drug-likeness (QED) is 0.819. The van der Waals surface area contributed by atoms with Crippen molar-refractivity contribution in [3.63, 3.8) is 0 Å². The van der Waals surface area contributed by atoms with Gasteiger partial charge in [0.2, 0.25) is 0 Å². The van der Waals surface area contributed by atoms with Gasteiger partial charge in [-0.2, -0.15) is 5.26 Å². The van der Waals surface area contributed by atoms with Crippen molar-refractivity contribution >= 4 is 17.3 Å². The number of nitrogens with zero attached hydrogens (tertiary/aromatic N) is 3. The highest BCUT2D eigenvalue weighted by molar-refractivity contribution is 6.33. The van der Waals surface area contributed by atoms with Crippen molar-refractivity contribution in [2.75, 3.05) is 31.1 Å². The average Bonchev–Trinajstić information content (AvgIpc) is 3.23. The van der Waals surface area contributed by atoms with Gasteiger partial charge in [-0.05, 0) is 31.0 Å². The lowest BCUT2D eigenvalue weighted by molar-refractivity contribution is 0.248. The largest absolute Gasteiger partial charge is 0.368 e. The third-order valence-electron chi connectivity index (χ3n) is 3.80. The summed E-state index contributed by atoms with van der Waals surface area (Å²) in [4.78, 5) is 4.90. The highest BCUT2D eigenvalue weighted by atomic mass is 35.5. The van der Waals surface area contributed by atoms with Crippen LogP contribution in [0.25, 0.3) is 0 Å². The van der Waals surface area contributed by atoms with Gasteiger partial charge in [0.15, 0.2) is 0 Å². The summed E-state index contributed by atoms with van der Waals surface area (Å²) < 4.78 is 0. The maximum Gasteiger partial charge on any atom is 0.0992 e. The zero-order valence-corrected chi connectivity index (χ0v) is 11.0. The lowest BCUT2D eigenvalue weighted by atomic mass is 10.2. The van der Waals surface area contributed by atoms with E-state index in [4.69, 9.17) is 16.9 Å². The Hall–Kier alpha value is -1.24. The minimum absolute atomic E-state index is 0.625. The number of rotatable bonds is 2. The molecule has 1 aliphatic heterocycles. The number of anilines is 1. The van der Waals surface area contributed by atoms with Crippen molar-refractivity contribution < 1.29 is 0 Å². The molecular formula is C14H16ClN3. The third-order valence-corrected chi connectivity index (χ3v) is 4.10. The number of nitriles is 1. The van der Waals surface area contributed by atoms with Gasteiger partial charge in [-0.3, -0.25) is 4.90 Å². The van der Waals surface area contributed by atoms with E-state index in [9.17, 15) is 0 Å². The summed E-state index contributed by atoms with van der Waals surface area (Å²) in [7, 11) is 0. The summed E-state index contributed by atoms with van der Waals surface area (Å²) in [6, 6.07) is 8.53. The molecule has 1 aromatic rings. The van der Waals surface area contributed by atoms with Gasteiger partial charge in [0, 0.05) is 32.2 Å². The number of piperazine rings is 1. The zero-order chi connectivity index (χ0) is 12.5. The van der Waals surface area contributed by atoms with Crippen LogP contribution in [-0.4, -0.2) is 37.1 Å². The van der Waals surface area contributed by atoms with Crippen LogP contribution in [0, 0.1) is 11.3 Å². The van der Waals surface area contributed by atoms with Crippen LogP contribution in [0.3, 0.4) is 0 Å². The fraction of sp³-hybridized carbons (Fsp3) is 0.500. The van der Waals surface area contributed by atoms with Gasteiger partial charge < -0.3 is 4.90 Å². The predicted octanol–water partition coefficient (Wildman–Crippen LogP) is 2.50. The van der Waals surface area contributed by atoms with Crippen LogP contribution in [0.1, 0.15) is 18.4 Å². The van der Waals surface area contributed by atoms with Crippen molar-refractivity contribution in [3.8, 4) is 6.07 Å². The fourth-order valence-electron chi connectivity index (χ4n) is 2.60. The molecule has 0 aromatic heterocycles. The summed E-state index contributed by atoms with van der Waals surface area (Å²) in [5.74, 6) is 0. The second-order valence-electron chi connectivity index (χ2n) is 5.03. The molecule has 3 rings (SSSR count). The first kappa shape index (κ1) is 11.8. The molecule has 94 valence electrons. The summed E-state index contributed by atoms with van der Waals surface area (Å²) >= 11 is 6.25. The third kappa shape index (κ3) is 2.31. The van der Waals surface area contributed by atoms with Crippen LogP contribution in [0.2, 0.25) is 5.02 Å². The van der Waals surface area contributed by atoms with E-state index in [-0.39, 0.29) is 0 Å². The molecule has 3 nitrogen and oxygen atoms in total.